The molecule has 0 aromatic heterocycles. The summed E-state index contributed by atoms with van der Waals surface area (Å²) in [5, 5.41) is 0. The maximum atomic E-state index is 12.9. The fourth-order valence-electron chi connectivity index (χ4n) is 3.89. The summed E-state index contributed by atoms with van der Waals surface area (Å²) in [5.41, 5.74) is 0.786. The van der Waals surface area contributed by atoms with E-state index in [2.05, 4.69) is 12.2 Å². The predicted octanol–water partition coefficient (Wildman–Crippen LogP) is 2.13. The number of hydrogen-bond acceptors (Lipinski definition) is 2. The molecule has 1 heterocycles. The van der Waals surface area contributed by atoms with Gasteiger partial charge in [0.1, 0.15) is 5.82 Å². The number of hydrogen-bond donors (Lipinski definition) is 0. The topological polar surface area (TPSA) is 37.4 Å². The number of nitrogens with zero attached hydrogens (tertiary/aromatic N) is 1. The van der Waals surface area contributed by atoms with Crippen molar-refractivity contribution in [3.8, 4) is 0 Å². The van der Waals surface area contributed by atoms with Gasteiger partial charge in [-0.2, -0.15) is 0 Å². The van der Waals surface area contributed by atoms with Crippen LogP contribution in [-0.2, 0) is 16.1 Å². The minimum absolute atomic E-state index is 0.0545. The molecular weight excluding hydrogens is 257 g/mol. The minimum atomic E-state index is -0.313. The van der Waals surface area contributed by atoms with Crippen molar-refractivity contribution in [2.45, 2.75) is 13.0 Å². The van der Waals surface area contributed by atoms with Crippen LogP contribution in [0.4, 0.5) is 4.39 Å². The highest BCUT2D eigenvalue weighted by molar-refractivity contribution is 6.06. The summed E-state index contributed by atoms with van der Waals surface area (Å²) in [6.45, 7) is 0.254. The SMILES string of the molecule is O=C1[C@H]2[C@H](C(=O)N1Cc1ccc(F)cc1)[C@H]1C=C[C@H]2C1. The van der Waals surface area contributed by atoms with Gasteiger partial charge in [-0.05, 0) is 36.0 Å². The Morgan fingerprint density at radius 2 is 1.55 bits per heavy atom. The standard InChI is InChI=1S/C16H14FNO2/c17-12-5-1-9(2-6-12)8-18-15(19)13-10-3-4-11(7-10)14(13)16(18)20/h1-6,10-11,13-14H,7-8H2/t10-,11-,13+,14+/m0/s1. The van der Waals surface area contributed by atoms with Gasteiger partial charge in [0, 0.05) is 0 Å². The number of allylic oxidation sites excluding steroid dienone is 2. The molecule has 0 radical (unpaired) electrons. The smallest absolute Gasteiger partial charge is 0.234 e. The third kappa shape index (κ3) is 1.51. The zero-order valence-corrected chi connectivity index (χ0v) is 10.8. The zero-order chi connectivity index (χ0) is 13.9. The lowest BCUT2D eigenvalue weighted by Crippen LogP contribution is -2.32. The van der Waals surface area contributed by atoms with Crippen LogP contribution in [-0.4, -0.2) is 16.7 Å². The van der Waals surface area contributed by atoms with E-state index in [1.54, 1.807) is 12.1 Å². The van der Waals surface area contributed by atoms with E-state index in [-0.39, 0.29) is 47.8 Å². The largest absolute Gasteiger partial charge is 0.278 e. The van der Waals surface area contributed by atoms with Gasteiger partial charge in [-0.3, -0.25) is 14.5 Å². The molecule has 4 heteroatoms. The van der Waals surface area contributed by atoms with Crippen LogP contribution in [0.1, 0.15) is 12.0 Å². The van der Waals surface area contributed by atoms with Crippen molar-refractivity contribution in [2.24, 2.45) is 23.7 Å². The summed E-state index contributed by atoms with van der Waals surface area (Å²) < 4.78 is 12.9. The van der Waals surface area contributed by atoms with E-state index in [0.29, 0.717) is 0 Å². The molecule has 1 saturated carbocycles. The fraction of sp³-hybridized carbons (Fsp3) is 0.375. The second-order valence-electron chi connectivity index (χ2n) is 5.89. The van der Waals surface area contributed by atoms with Gasteiger partial charge in [0.25, 0.3) is 0 Å². The fourth-order valence-corrected chi connectivity index (χ4v) is 3.89. The number of carbonyl (C=O) groups is 2. The molecule has 3 nitrogen and oxygen atoms in total. The third-order valence-electron chi connectivity index (χ3n) is 4.82. The van der Waals surface area contributed by atoms with Crippen LogP contribution in [0.2, 0.25) is 0 Å². The Morgan fingerprint density at radius 3 is 2.10 bits per heavy atom. The quantitative estimate of drug-likeness (QED) is 0.610. The van der Waals surface area contributed by atoms with Gasteiger partial charge in [-0.25, -0.2) is 4.39 Å². The Bertz CT molecular complexity index is 592. The van der Waals surface area contributed by atoms with Crippen molar-refractivity contribution in [2.75, 3.05) is 0 Å². The second-order valence-corrected chi connectivity index (χ2v) is 5.89. The van der Waals surface area contributed by atoms with Crippen LogP contribution in [0.3, 0.4) is 0 Å². The first-order valence-electron chi connectivity index (χ1n) is 6.93. The number of rotatable bonds is 2. The van der Waals surface area contributed by atoms with Crippen molar-refractivity contribution < 1.29 is 14.0 Å². The van der Waals surface area contributed by atoms with E-state index in [4.69, 9.17) is 0 Å². The molecule has 102 valence electrons. The van der Waals surface area contributed by atoms with E-state index < -0.39 is 0 Å². The number of amides is 2. The first kappa shape index (κ1) is 11.8. The van der Waals surface area contributed by atoms with E-state index in [9.17, 15) is 14.0 Å². The number of benzene rings is 1. The molecule has 0 unspecified atom stereocenters. The first-order chi connectivity index (χ1) is 9.65. The van der Waals surface area contributed by atoms with Crippen molar-refractivity contribution >= 4 is 11.8 Å². The molecule has 2 amide bonds. The molecule has 1 saturated heterocycles. The van der Waals surface area contributed by atoms with Crippen LogP contribution in [0, 0.1) is 29.5 Å². The molecule has 1 aromatic rings. The number of fused-ring (bicyclic) bond motifs is 5. The lowest BCUT2D eigenvalue weighted by atomic mass is 9.85. The lowest BCUT2D eigenvalue weighted by molar-refractivity contribution is -0.141. The summed E-state index contributed by atoms with van der Waals surface area (Å²) in [6.07, 6.45) is 5.11. The highest BCUT2D eigenvalue weighted by Gasteiger charge is 2.59. The summed E-state index contributed by atoms with van der Waals surface area (Å²) in [6, 6.07) is 5.95. The van der Waals surface area contributed by atoms with Crippen molar-refractivity contribution in [3.63, 3.8) is 0 Å². The van der Waals surface area contributed by atoms with E-state index in [1.165, 1.54) is 17.0 Å². The van der Waals surface area contributed by atoms with Gasteiger partial charge < -0.3 is 0 Å². The molecule has 20 heavy (non-hydrogen) atoms. The zero-order valence-electron chi connectivity index (χ0n) is 10.8. The molecule has 4 atom stereocenters. The Kier molecular flexibility index (Phi) is 2.37. The molecule has 1 aromatic carbocycles. The van der Waals surface area contributed by atoms with Crippen LogP contribution < -0.4 is 0 Å². The monoisotopic (exact) mass is 271 g/mol. The average molecular weight is 271 g/mol. The summed E-state index contributed by atoms with van der Waals surface area (Å²) in [4.78, 5) is 26.3. The minimum Gasteiger partial charge on any atom is -0.278 e. The van der Waals surface area contributed by atoms with Gasteiger partial charge in [0.05, 0.1) is 18.4 Å². The number of imide groups is 1. The van der Waals surface area contributed by atoms with Gasteiger partial charge in [0.15, 0.2) is 0 Å². The molecule has 1 aliphatic heterocycles. The van der Waals surface area contributed by atoms with Gasteiger partial charge >= 0.3 is 0 Å². The van der Waals surface area contributed by atoms with Crippen LogP contribution >= 0.6 is 0 Å². The molecule has 2 aliphatic carbocycles. The van der Waals surface area contributed by atoms with Crippen molar-refractivity contribution in [3.05, 3.63) is 47.8 Å². The maximum Gasteiger partial charge on any atom is 0.234 e. The van der Waals surface area contributed by atoms with Gasteiger partial charge in [-0.15, -0.1) is 0 Å². The van der Waals surface area contributed by atoms with Crippen LogP contribution in [0.5, 0.6) is 0 Å². The predicted molar refractivity (Wildman–Crippen MR) is 69.7 cm³/mol. The van der Waals surface area contributed by atoms with Crippen LogP contribution in [0.25, 0.3) is 0 Å². The summed E-state index contributed by atoms with van der Waals surface area (Å²) in [7, 11) is 0. The lowest BCUT2D eigenvalue weighted by Gasteiger charge is -2.17. The third-order valence-corrected chi connectivity index (χ3v) is 4.82. The highest BCUT2D eigenvalue weighted by atomic mass is 19.1. The Hall–Kier alpha value is -1.97. The highest BCUT2D eigenvalue weighted by Crippen LogP contribution is 2.52. The molecule has 0 spiro atoms. The van der Waals surface area contributed by atoms with E-state index in [0.717, 1.165) is 12.0 Å². The first-order valence-corrected chi connectivity index (χ1v) is 6.93. The molecule has 3 aliphatic rings. The molecule has 4 rings (SSSR count). The summed E-state index contributed by atoms with van der Waals surface area (Å²) >= 11 is 0. The number of halogens is 1. The van der Waals surface area contributed by atoms with E-state index >= 15 is 0 Å². The van der Waals surface area contributed by atoms with E-state index in [1.807, 2.05) is 0 Å². The Balaban J connectivity index is 1.60. The van der Waals surface area contributed by atoms with Crippen molar-refractivity contribution in [1.82, 2.24) is 4.90 Å². The van der Waals surface area contributed by atoms with Gasteiger partial charge in [0.2, 0.25) is 11.8 Å². The van der Waals surface area contributed by atoms with Crippen LogP contribution in [0.15, 0.2) is 36.4 Å². The van der Waals surface area contributed by atoms with Gasteiger partial charge in [-0.1, -0.05) is 24.3 Å². The average Bonchev–Trinajstić information content (AvgIpc) is 3.11. The maximum absolute atomic E-state index is 12.9. The van der Waals surface area contributed by atoms with Crippen molar-refractivity contribution in [1.29, 1.82) is 0 Å². The second kappa shape index (κ2) is 4.01. The molecule has 2 bridgehead atoms. The normalized spacial score (nSPS) is 34.1. The summed E-state index contributed by atoms with van der Waals surface area (Å²) in [5.74, 6) is -0.260. The Labute approximate surface area is 116 Å². The molecule has 2 fully saturated rings. The Morgan fingerprint density at radius 1 is 1.00 bits per heavy atom. The number of carbonyl (C=O) groups excluding carboxylic acids is 2. The molecular formula is C16H14FNO2. The number of likely N-dealkylation sites (tertiary alicyclic amines) is 1. The molecule has 0 N–H and O–H groups in total.